The average Bonchev–Trinajstić information content (AvgIpc) is 2.72. The van der Waals surface area contributed by atoms with Gasteiger partial charge in [-0.15, -0.1) is 0 Å². The third-order valence-electron chi connectivity index (χ3n) is 3.59. The number of carbonyl (C=O) groups excluding carboxylic acids is 1. The van der Waals surface area contributed by atoms with Gasteiger partial charge in [0.05, 0.1) is 9.09 Å². The van der Waals surface area contributed by atoms with Crippen LogP contribution in [-0.2, 0) is 7.05 Å². The number of halogens is 1. The molecule has 114 valence electrons. The first-order valence-corrected chi connectivity index (χ1v) is 8.21. The van der Waals surface area contributed by atoms with E-state index in [0.717, 1.165) is 25.4 Å². The van der Waals surface area contributed by atoms with Gasteiger partial charge in [-0.3, -0.25) is 4.79 Å². The molecule has 1 aromatic carbocycles. The zero-order valence-electron chi connectivity index (χ0n) is 13.1. The van der Waals surface area contributed by atoms with E-state index in [1.807, 2.05) is 40.0 Å². The van der Waals surface area contributed by atoms with Crippen molar-refractivity contribution in [2.45, 2.75) is 26.3 Å². The topological polar surface area (TPSA) is 46.9 Å². The molecule has 1 N–H and O–H groups in total. The molecule has 22 heavy (non-hydrogen) atoms. The van der Waals surface area contributed by atoms with Gasteiger partial charge in [0, 0.05) is 35.1 Å². The summed E-state index contributed by atoms with van der Waals surface area (Å²) >= 11 is 2.22. The summed E-state index contributed by atoms with van der Waals surface area (Å²) < 4.78 is 3.01. The highest BCUT2D eigenvalue weighted by atomic mass is 127. The van der Waals surface area contributed by atoms with Gasteiger partial charge in [-0.05, 0) is 49.4 Å². The number of pyridine rings is 1. The second kappa shape index (κ2) is 5.22. The Hall–Kier alpha value is -1.63. The minimum absolute atomic E-state index is 0.135. The maximum absolute atomic E-state index is 12.5. The van der Waals surface area contributed by atoms with Crippen LogP contribution in [0.2, 0.25) is 0 Å². The van der Waals surface area contributed by atoms with Crippen LogP contribution in [0.25, 0.3) is 21.8 Å². The standard InChI is InChI=1S/C17H18IN3O/c1-17(2,3)20-16(22)14-13(18)15-11(9-19-14)10-7-5-6-8-12(10)21(15)4/h5-9H,1-4H3,(H,20,22). The Kier molecular flexibility index (Phi) is 3.63. The summed E-state index contributed by atoms with van der Waals surface area (Å²) in [5.74, 6) is -0.135. The molecule has 0 bridgehead atoms. The predicted molar refractivity (Wildman–Crippen MR) is 98.2 cm³/mol. The number of carbonyl (C=O) groups is 1. The first kappa shape index (κ1) is 15.3. The molecule has 0 atom stereocenters. The molecule has 0 unspecified atom stereocenters. The summed E-state index contributed by atoms with van der Waals surface area (Å²) in [5, 5.41) is 5.22. The largest absolute Gasteiger partial charge is 0.346 e. The SMILES string of the molecule is Cn1c2ccccc2c2cnc(C(=O)NC(C)(C)C)c(I)c21. The second-order valence-electron chi connectivity index (χ2n) is 6.46. The van der Waals surface area contributed by atoms with Crippen molar-refractivity contribution in [3.05, 3.63) is 39.7 Å². The van der Waals surface area contributed by atoms with Crippen LogP contribution in [0.4, 0.5) is 0 Å². The lowest BCUT2D eigenvalue weighted by molar-refractivity contribution is 0.0913. The first-order valence-electron chi connectivity index (χ1n) is 7.14. The maximum atomic E-state index is 12.5. The van der Waals surface area contributed by atoms with Crippen LogP contribution in [0.15, 0.2) is 30.5 Å². The van der Waals surface area contributed by atoms with Gasteiger partial charge in [-0.1, -0.05) is 18.2 Å². The van der Waals surface area contributed by atoms with Crippen LogP contribution in [0, 0.1) is 3.57 Å². The normalized spacial score (nSPS) is 12.0. The Morgan fingerprint density at radius 1 is 1.23 bits per heavy atom. The number of hydrogen-bond acceptors (Lipinski definition) is 2. The van der Waals surface area contributed by atoms with Crippen molar-refractivity contribution >= 4 is 50.3 Å². The molecule has 0 radical (unpaired) electrons. The van der Waals surface area contributed by atoms with Crippen LogP contribution in [0.3, 0.4) is 0 Å². The number of nitrogens with one attached hydrogen (secondary N) is 1. The second-order valence-corrected chi connectivity index (χ2v) is 7.54. The number of benzene rings is 1. The van der Waals surface area contributed by atoms with E-state index in [9.17, 15) is 4.79 Å². The zero-order valence-corrected chi connectivity index (χ0v) is 15.2. The molecule has 4 nitrogen and oxygen atoms in total. The predicted octanol–water partition coefficient (Wildman–Crippen LogP) is 3.86. The van der Waals surface area contributed by atoms with E-state index in [-0.39, 0.29) is 11.4 Å². The molecule has 0 aliphatic rings. The lowest BCUT2D eigenvalue weighted by Gasteiger charge is -2.20. The van der Waals surface area contributed by atoms with Gasteiger partial charge in [0.15, 0.2) is 0 Å². The highest BCUT2D eigenvalue weighted by molar-refractivity contribution is 14.1. The van der Waals surface area contributed by atoms with Gasteiger partial charge in [0.2, 0.25) is 0 Å². The summed E-state index contributed by atoms with van der Waals surface area (Å²) in [7, 11) is 2.03. The zero-order chi connectivity index (χ0) is 16.1. The molecule has 2 heterocycles. The lowest BCUT2D eigenvalue weighted by Crippen LogP contribution is -2.41. The van der Waals surface area contributed by atoms with Gasteiger partial charge in [-0.2, -0.15) is 0 Å². The molecule has 2 aromatic heterocycles. The summed E-state index contributed by atoms with van der Waals surface area (Å²) in [6.07, 6.45) is 1.80. The molecule has 0 saturated heterocycles. The third-order valence-corrected chi connectivity index (χ3v) is 4.61. The number of nitrogens with zero attached hydrogens (tertiary/aromatic N) is 2. The van der Waals surface area contributed by atoms with Gasteiger partial charge < -0.3 is 9.88 Å². The molecule has 3 rings (SSSR count). The van der Waals surface area contributed by atoms with Crippen LogP contribution >= 0.6 is 22.6 Å². The van der Waals surface area contributed by atoms with Gasteiger partial charge in [-0.25, -0.2) is 4.98 Å². The fourth-order valence-corrected chi connectivity index (χ4v) is 3.71. The number of aryl methyl sites for hydroxylation is 1. The van der Waals surface area contributed by atoms with E-state index >= 15 is 0 Å². The van der Waals surface area contributed by atoms with E-state index in [0.29, 0.717) is 5.69 Å². The molecule has 5 heteroatoms. The van der Waals surface area contributed by atoms with E-state index in [1.54, 1.807) is 6.20 Å². The van der Waals surface area contributed by atoms with Crippen molar-refractivity contribution in [2.75, 3.05) is 0 Å². The fourth-order valence-electron chi connectivity index (χ4n) is 2.67. The molecule has 1 amide bonds. The smallest absolute Gasteiger partial charge is 0.271 e. The van der Waals surface area contributed by atoms with Crippen LogP contribution < -0.4 is 5.32 Å². The minimum Gasteiger partial charge on any atom is -0.346 e. The van der Waals surface area contributed by atoms with Crippen molar-refractivity contribution < 1.29 is 4.79 Å². The van der Waals surface area contributed by atoms with E-state index in [4.69, 9.17) is 0 Å². The molecule has 0 saturated carbocycles. The van der Waals surface area contributed by atoms with Crippen molar-refractivity contribution in [2.24, 2.45) is 7.05 Å². The van der Waals surface area contributed by atoms with Crippen molar-refractivity contribution in [1.29, 1.82) is 0 Å². The molecule has 3 aromatic rings. The molecule has 0 aliphatic heterocycles. The van der Waals surface area contributed by atoms with Crippen molar-refractivity contribution in [1.82, 2.24) is 14.9 Å². The third kappa shape index (κ3) is 2.47. The van der Waals surface area contributed by atoms with E-state index < -0.39 is 0 Å². The Balaban J connectivity index is 2.24. The van der Waals surface area contributed by atoms with Crippen molar-refractivity contribution in [3.8, 4) is 0 Å². The monoisotopic (exact) mass is 407 g/mol. The van der Waals surface area contributed by atoms with Crippen LogP contribution in [0.1, 0.15) is 31.3 Å². The average molecular weight is 407 g/mol. The highest BCUT2D eigenvalue weighted by Crippen LogP contribution is 2.31. The Morgan fingerprint density at radius 2 is 1.91 bits per heavy atom. The molecule has 0 fully saturated rings. The number of para-hydroxylation sites is 1. The molecule has 0 aliphatic carbocycles. The Morgan fingerprint density at radius 3 is 2.59 bits per heavy atom. The number of aromatic nitrogens is 2. The van der Waals surface area contributed by atoms with Crippen LogP contribution in [0.5, 0.6) is 0 Å². The highest BCUT2D eigenvalue weighted by Gasteiger charge is 2.22. The van der Waals surface area contributed by atoms with Gasteiger partial charge in [0.1, 0.15) is 5.69 Å². The van der Waals surface area contributed by atoms with Gasteiger partial charge in [0.25, 0.3) is 5.91 Å². The molecular weight excluding hydrogens is 389 g/mol. The summed E-state index contributed by atoms with van der Waals surface area (Å²) in [6, 6.07) is 8.22. The summed E-state index contributed by atoms with van der Waals surface area (Å²) in [6.45, 7) is 5.90. The van der Waals surface area contributed by atoms with Crippen LogP contribution in [-0.4, -0.2) is 21.0 Å². The number of hydrogen-bond donors (Lipinski definition) is 1. The molecule has 0 spiro atoms. The number of rotatable bonds is 1. The Bertz CT molecular complexity index is 890. The van der Waals surface area contributed by atoms with E-state index in [2.05, 4.69) is 49.6 Å². The quantitative estimate of drug-likeness (QED) is 0.623. The first-order chi connectivity index (χ1) is 10.3. The molecular formula is C17H18IN3O. The Labute approximate surface area is 143 Å². The van der Waals surface area contributed by atoms with Gasteiger partial charge >= 0.3 is 0 Å². The number of fused-ring (bicyclic) bond motifs is 3. The van der Waals surface area contributed by atoms with E-state index in [1.165, 1.54) is 0 Å². The summed E-state index contributed by atoms with van der Waals surface area (Å²) in [5.41, 5.74) is 2.39. The minimum atomic E-state index is -0.282. The fraction of sp³-hybridized carbons (Fsp3) is 0.294. The number of amides is 1. The summed E-state index contributed by atoms with van der Waals surface area (Å²) in [4.78, 5) is 16.9. The lowest BCUT2D eigenvalue weighted by atomic mass is 10.1. The maximum Gasteiger partial charge on any atom is 0.271 e. The van der Waals surface area contributed by atoms with Crippen molar-refractivity contribution in [3.63, 3.8) is 0 Å².